The molecule has 0 saturated carbocycles. The molecule has 19 heavy (non-hydrogen) atoms. The molecule has 3 aromatic rings. The molecule has 0 aliphatic heterocycles. The van der Waals surface area contributed by atoms with Crippen molar-refractivity contribution >= 4 is 22.7 Å². The number of aromatic nitrogens is 2. The zero-order chi connectivity index (χ0) is 13.1. The molecule has 0 spiro atoms. The second-order valence-corrected chi connectivity index (χ2v) is 5.05. The molecule has 0 aliphatic carbocycles. The Kier molecular flexibility index (Phi) is 3.42. The summed E-state index contributed by atoms with van der Waals surface area (Å²) in [5, 5.41) is 1.58. The van der Waals surface area contributed by atoms with Gasteiger partial charge in [0.05, 0.1) is 0 Å². The van der Waals surface area contributed by atoms with Crippen molar-refractivity contribution in [2.45, 2.75) is 10.8 Å². The zero-order valence-corrected chi connectivity index (χ0v) is 10.9. The van der Waals surface area contributed by atoms with E-state index in [1.807, 2.05) is 24.3 Å². The summed E-state index contributed by atoms with van der Waals surface area (Å²) in [6.45, 7) is 0. The molecular weight excluding hydrogens is 259 g/mol. The van der Waals surface area contributed by atoms with E-state index < -0.39 is 0 Å². The van der Waals surface area contributed by atoms with E-state index in [2.05, 4.69) is 22.1 Å². The molecule has 1 aromatic heterocycles. The fraction of sp³-hybridized carbons (Fsp3) is 0.0667. The van der Waals surface area contributed by atoms with Crippen LogP contribution in [0.2, 0.25) is 0 Å². The van der Waals surface area contributed by atoms with E-state index in [-0.39, 0.29) is 5.82 Å². The SMILES string of the molecule is Fc1cccc2c(SCc3ccccc3)ncnc12. The van der Waals surface area contributed by atoms with E-state index >= 15 is 0 Å². The summed E-state index contributed by atoms with van der Waals surface area (Å²) >= 11 is 1.59. The van der Waals surface area contributed by atoms with Crippen LogP contribution in [0.3, 0.4) is 0 Å². The Labute approximate surface area is 114 Å². The molecule has 1 heterocycles. The molecule has 0 N–H and O–H groups in total. The van der Waals surface area contributed by atoms with E-state index in [1.165, 1.54) is 18.0 Å². The first-order valence-corrected chi connectivity index (χ1v) is 6.89. The smallest absolute Gasteiger partial charge is 0.149 e. The van der Waals surface area contributed by atoms with Gasteiger partial charge in [-0.2, -0.15) is 0 Å². The van der Waals surface area contributed by atoms with Crippen LogP contribution in [0.1, 0.15) is 5.56 Å². The van der Waals surface area contributed by atoms with Crippen molar-refractivity contribution in [3.8, 4) is 0 Å². The standard InChI is InChI=1S/C15H11FN2S/c16-13-8-4-7-12-14(13)17-10-18-15(12)19-9-11-5-2-1-3-6-11/h1-8,10H,9H2. The van der Waals surface area contributed by atoms with Crippen molar-refractivity contribution in [1.82, 2.24) is 9.97 Å². The van der Waals surface area contributed by atoms with Crippen LogP contribution in [0.15, 0.2) is 59.9 Å². The summed E-state index contributed by atoms with van der Waals surface area (Å²) in [6, 6.07) is 15.1. The van der Waals surface area contributed by atoms with E-state index in [0.717, 1.165) is 16.2 Å². The Morgan fingerprint density at radius 1 is 0.947 bits per heavy atom. The molecule has 0 amide bonds. The first-order chi connectivity index (χ1) is 9.34. The van der Waals surface area contributed by atoms with Gasteiger partial charge in [0, 0.05) is 11.1 Å². The molecule has 0 fully saturated rings. The molecule has 2 aromatic carbocycles. The van der Waals surface area contributed by atoms with Gasteiger partial charge in [-0.25, -0.2) is 14.4 Å². The van der Waals surface area contributed by atoms with Crippen molar-refractivity contribution < 1.29 is 4.39 Å². The van der Waals surface area contributed by atoms with Crippen LogP contribution in [0, 0.1) is 5.82 Å². The maximum atomic E-state index is 13.6. The van der Waals surface area contributed by atoms with Crippen LogP contribution < -0.4 is 0 Å². The summed E-state index contributed by atoms with van der Waals surface area (Å²) in [5.74, 6) is 0.505. The highest BCUT2D eigenvalue weighted by atomic mass is 32.2. The Hall–Kier alpha value is -1.94. The van der Waals surface area contributed by atoms with Gasteiger partial charge in [0.25, 0.3) is 0 Å². The summed E-state index contributed by atoms with van der Waals surface area (Å²) in [6.07, 6.45) is 1.42. The van der Waals surface area contributed by atoms with Crippen molar-refractivity contribution in [3.63, 3.8) is 0 Å². The average molecular weight is 270 g/mol. The predicted octanol–water partition coefficient (Wildman–Crippen LogP) is 4.06. The lowest BCUT2D eigenvalue weighted by Gasteiger charge is -2.05. The number of fused-ring (bicyclic) bond motifs is 1. The van der Waals surface area contributed by atoms with Gasteiger partial charge in [0.15, 0.2) is 0 Å². The van der Waals surface area contributed by atoms with Gasteiger partial charge in [0.1, 0.15) is 22.7 Å². The van der Waals surface area contributed by atoms with E-state index in [1.54, 1.807) is 17.8 Å². The predicted molar refractivity (Wildman–Crippen MR) is 75.5 cm³/mol. The molecule has 0 atom stereocenters. The zero-order valence-electron chi connectivity index (χ0n) is 10.1. The van der Waals surface area contributed by atoms with Crippen LogP contribution >= 0.6 is 11.8 Å². The highest BCUT2D eigenvalue weighted by Gasteiger charge is 2.07. The number of para-hydroxylation sites is 1. The van der Waals surface area contributed by atoms with Gasteiger partial charge in [0.2, 0.25) is 0 Å². The average Bonchev–Trinajstić information content (AvgIpc) is 2.47. The minimum absolute atomic E-state index is 0.304. The van der Waals surface area contributed by atoms with Crippen LogP contribution in [0.5, 0.6) is 0 Å². The van der Waals surface area contributed by atoms with Gasteiger partial charge in [-0.15, -0.1) is 11.8 Å². The highest BCUT2D eigenvalue weighted by molar-refractivity contribution is 7.98. The summed E-state index contributed by atoms with van der Waals surface area (Å²) in [5.41, 5.74) is 1.60. The van der Waals surface area contributed by atoms with Gasteiger partial charge < -0.3 is 0 Å². The van der Waals surface area contributed by atoms with Crippen molar-refractivity contribution in [2.75, 3.05) is 0 Å². The quantitative estimate of drug-likeness (QED) is 0.530. The van der Waals surface area contributed by atoms with Crippen molar-refractivity contribution in [2.24, 2.45) is 0 Å². The molecule has 0 saturated heterocycles. The van der Waals surface area contributed by atoms with Crippen LogP contribution in [0.25, 0.3) is 10.9 Å². The maximum Gasteiger partial charge on any atom is 0.149 e. The Morgan fingerprint density at radius 2 is 1.79 bits per heavy atom. The first-order valence-electron chi connectivity index (χ1n) is 5.90. The molecule has 94 valence electrons. The number of hydrogen-bond acceptors (Lipinski definition) is 3. The van der Waals surface area contributed by atoms with E-state index in [0.29, 0.717) is 5.52 Å². The number of thioether (sulfide) groups is 1. The largest absolute Gasteiger partial charge is 0.233 e. The molecule has 0 aliphatic rings. The summed E-state index contributed by atoms with van der Waals surface area (Å²) < 4.78 is 13.6. The minimum Gasteiger partial charge on any atom is -0.233 e. The monoisotopic (exact) mass is 270 g/mol. The molecular formula is C15H11FN2S. The third kappa shape index (κ3) is 2.58. The second kappa shape index (κ2) is 5.36. The summed E-state index contributed by atoms with van der Waals surface area (Å²) in [7, 11) is 0. The summed E-state index contributed by atoms with van der Waals surface area (Å²) in [4.78, 5) is 8.25. The fourth-order valence-electron chi connectivity index (χ4n) is 1.87. The lowest BCUT2D eigenvalue weighted by Crippen LogP contribution is -1.90. The molecule has 0 unspecified atom stereocenters. The van der Waals surface area contributed by atoms with Crippen LogP contribution in [-0.2, 0) is 5.75 Å². The molecule has 0 radical (unpaired) electrons. The number of halogens is 1. The Bertz CT molecular complexity index is 701. The van der Waals surface area contributed by atoms with Crippen LogP contribution in [-0.4, -0.2) is 9.97 Å². The maximum absolute atomic E-state index is 13.6. The number of rotatable bonds is 3. The van der Waals surface area contributed by atoms with Gasteiger partial charge in [-0.3, -0.25) is 0 Å². The molecule has 0 bridgehead atoms. The topological polar surface area (TPSA) is 25.8 Å². The van der Waals surface area contributed by atoms with Gasteiger partial charge >= 0.3 is 0 Å². The molecule has 4 heteroatoms. The van der Waals surface area contributed by atoms with Gasteiger partial charge in [-0.1, -0.05) is 36.4 Å². The lowest BCUT2D eigenvalue weighted by atomic mass is 10.2. The minimum atomic E-state index is -0.304. The fourth-order valence-corrected chi connectivity index (χ4v) is 2.81. The normalized spacial score (nSPS) is 10.8. The van der Waals surface area contributed by atoms with E-state index in [4.69, 9.17) is 0 Å². The number of benzene rings is 2. The van der Waals surface area contributed by atoms with Gasteiger partial charge in [-0.05, 0) is 17.7 Å². The molecule has 3 rings (SSSR count). The highest BCUT2D eigenvalue weighted by Crippen LogP contribution is 2.28. The number of hydrogen-bond donors (Lipinski definition) is 0. The molecule has 2 nitrogen and oxygen atoms in total. The first kappa shape index (κ1) is 12.1. The third-order valence-corrected chi connectivity index (χ3v) is 3.87. The number of nitrogens with zero attached hydrogens (tertiary/aromatic N) is 2. The van der Waals surface area contributed by atoms with Crippen molar-refractivity contribution in [1.29, 1.82) is 0 Å². The third-order valence-electron chi connectivity index (χ3n) is 2.80. The Balaban J connectivity index is 1.91. The lowest BCUT2D eigenvalue weighted by molar-refractivity contribution is 0.636. The van der Waals surface area contributed by atoms with Crippen molar-refractivity contribution in [3.05, 3.63) is 66.2 Å². The van der Waals surface area contributed by atoms with E-state index in [9.17, 15) is 4.39 Å². The second-order valence-electron chi connectivity index (χ2n) is 4.09. The Morgan fingerprint density at radius 3 is 2.63 bits per heavy atom. The van der Waals surface area contributed by atoms with Crippen LogP contribution in [0.4, 0.5) is 4.39 Å².